The van der Waals surface area contributed by atoms with Gasteiger partial charge in [0, 0.05) is 17.2 Å². The molecule has 0 heterocycles. The van der Waals surface area contributed by atoms with Gasteiger partial charge in [0.1, 0.15) is 5.75 Å². The molecule has 0 unspecified atom stereocenters. The number of phenolic OH excluding ortho intramolecular Hbond substituents is 3. The second-order valence-electron chi connectivity index (χ2n) is 34.1. The molecule has 0 saturated carbocycles. The van der Waals surface area contributed by atoms with Gasteiger partial charge in [0.25, 0.3) is 0 Å². The lowest BCUT2D eigenvalue weighted by molar-refractivity contribution is -0.148. The minimum absolute atomic E-state index is 0.0585. The predicted octanol–water partition coefficient (Wildman–Crippen LogP) is 24.5. The van der Waals surface area contributed by atoms with Crippen LogP contribution in [-0.4, -0.2) is 48.5 Å². The van der Waals surface area contributed by atoms with Crippen molar-refractivity contribution in [2.45, 2.75) is 377 Å². The van der Waals surface area contributed by atoms with E-state index in [4.69, 9.17) is 0 Å². The van der Waals surface area contributed by atoms with E-state index in [1.165, 1.54) is 155 Å². The molecule has 0 aliphatic rings. The van der Waals surface area contributed by atoms with Crippen molar-refractivity contribution in [2.75, 3.05) is 0 Å². The minimum Gasteiger partial charge on any atom is -0.508 e. The third-order valence-electron chi connectivity index (χ3n) is 20.2. The van der Waals surface area contributed by atoms with Gasteiger partial charge in [-0.1, -0.05) is 190 Å². The Bertz CT molecular complexity index is 2540. The van der Waals surface area contributed by atoms with Crippen molar-refractivity contribution in [3.05, 3.63) is 85.0 Å². The van der Waals surface area contributed by atoms with E-state index < -0.39 is 34.2 Å². The van der Waals surface area contributed by atoms with Gasteiger partial charge in [-0.05, 0) is 271 Å². The van der Waals surface area contributed by atoms with E-state index in [9.17, 15) is 45.0 Å². The number of aliphatic carboxylic acids is 3. The summed E-state index contributed by atoms with van der Waals surface area (Å²) in [5.74, 6) is -2.46. The van der Waals surface area contributed by atoms with E-state index in [2.05, 4.69) is 116 Å². The molecule has 0 bridgehead atoms. The maximum Gasteiger partial charge on any atom is 0.309 e. The van der Waals surface area contributed by atoms with Crippen molar-refractivity contribution in [1.82, 2.24) is 0 Å². The molecule has 0 saturated heterocycles. The molecule has 6 N–H and O–H groups in total. The van der Waals surface area contributed by atoms with Gasteiger partial charge in [0.15, 0.2) is 11.5 Å². The molecule has 9 heteroatoms. The highest BCUT2D eigenvalue weighted by atomic mass is 16.4. The zero-order chi connectivity index (χ0) is 71.0. The first-order valence-corrected chi connectivity index (χ1v) is 37.2. The Kier molecular flexibility index (Phi) is 39.3. The molecule has 3 aromatic carbocycles. The number of aryl methyl sites for hydroxylation is 4. The van der Waals surface area contributed by atoms with Crippen LogP contribution in [-0.2, 0) is 52.9 Å². The SMILES string of the molecule is CC(C)(C)CCCCCCc1c(O)cc(O)c(O)c1CCCCCCC(C)(C)C(=O)O.Cc1cc(C)c(CCCCCCC(C)(C)C)c(CCCCCCC(C)(C)C(=O)O)c1C.Cc1cc(CCCCCCC(C)(C)C)c(CCCCCCC(C)(C)C(=O)O)c(C)c1C. The van der Waals surface area contributed by atoms with Crippen molar-refractivity contribution in [1.29, 1.82) is 0 Å². The topological polar surface area (TPSA) is 173 Å². The molecule has 3 rings (SSSR count). The standard InChI is InChI=1S/2C29H50O2.C26H44O5/c1-22-21-25(17-13-9-11-15-19-28(4,5)6)26(24(3)23(22)2)18-14-10-12-16-20-29(7,8)27(30)31;1-22-21-23(2)25(17-13-9-11-15-19-28(4,5)6)26(24(22)3)18-14-10-12-16-20-29(7,8)27(30)31;1-25(2,3)16-12-8-6-10-14-19-20(23(29)22(28)18-21(19)27)15-11-7-9-13-17-26(4,5)24(30)31/h2*21H,9-20H2,1-8H3,(H,30,31);18,27-29H,6-17H2,1-5H3,(H,30,31). The van der Waals surface area contributed by atoms with E-state index in [0.717, 1.165) is 102 Å². The molecular formula is C84H144O9. The van der Waals surface area contributed by atoms with Crippen molar-refractivity contribution in [3.8, 4) is 17.2 Å². The maximum atomic E-state index is 11.3. The molecule has 534 valence electrons. The van der Waals surface area contributed by atoms with Crippen LogP contribution in [0.25, 0.3) is 0 Å². The van der Waals surface area contributed by atoms with Crippen LogP contribution in [0, 0.1) is 74.0 Å². The number of benzene rings is 3. The van der Waals surface area contributed by atoms with Crippen molar-refractivity contribution in [2.24, 2.45) is 32.5 Å². The summed E-state index contributed by atoms with van der Waals surface area (Å²) in [6.07, 6.45) is 39.7. The van der Waals surface area contributed by atoms with E-state index in [0.29, 0.717) is 41.1 Å². The van der Waals surface area contributed by atoms with Gasteiger partial charge in [-0.25, -0.2) is 0 Å². The van der Waals surface area contributed by atoms with Crippen LogP contribution < -0.4 is 0 Å². The summed E-state index contributed by atoms with van der Waals surface area (Å²) in [7, 11) is 0. The maximum absolute atomic E-state index is 11.3. The predicted molar refractivity (Wildman–Crippen MR) is 396 cm³/mol. The highest BCUT2D eigenvalue weighted by molar-refractivity contribution is 5.74. The lowest BCUT2D eigenvalue weighted by Gasteiger charge is -2.20. The van der Waals surface area contributed by atoms with Crippen LogP contribution in [0.3, 0.4) is 0 Å². The van der Waals surface area contributed by atoms with Gasteiger partial charge in [0.2, 0.25) is 0 Å². The van der Waals surface area contributed by atoms with E-state index in [-0.39, 0.29) is 17.2 Å². The Balaban J connectivity index is 0.000000697. The number of unbranched alkanes of at least 4 members (excludes halogenated alkanes) is 18. The molecule has 0 fully saturated rings. The first-order valence-electron chi connectivity index (χ1n) is 37.2. The molecule has 0 atom stereocenters. The lowest BCUT2D eigenvalue weighted by Crippen LogP contribution is -2.23. The van der Waals surface area contributed by atoms with E-state index in [1.54, 1.807) is 36.1 Å². The minimum atomic E-state index is -0.768. The number of carbonyl (C=O) groups is 3. The number of carboxylic acid groups (broad SMARTS) is 3. The molecule has 93 heavy (non-hydrogen) atoms. The third-order valence-corrected chi connectivity index (χ3v) is 20.2. The van der Waals surface area contributed by atoms with Crippen LogP contribution in [0.1, 0.15) is 363 Å². The highest BCUT2D eigenvalue weighted by Crippen LogP contribution is 2.40. The Hall–Kier alpha value is -4.53. The average molecular weight is 1300 g/mol. The zero-order valence-electron chi connectivity index (χ0n) is 64.1. The largest absolute Gasteiger partial charge is 0.508 e. The average Bonchev–Trinajstić information content (AvgIpc) is 0.865. The fourth-order valence-corrected chi connectivity index (χ4v) is 12.9. The third kappa shape index (κ3) is 35.9. The molecule has 0 spiro atoms. The Labute approximate surface area is 571 Å². The van der Waals surface area contributed by atoms with Gasteiger partial charge < -0.3 is 30.6 Å². The quantitative estimate of drug-likeness (QED) is 0.0183. The Morgan fingerprint density at radius 3 is 0.925 bits per heavy atom. The van der Waals surface area contributed by atoms with E-state index >= 15 is 0 Å². The number of rotatable bonds is 42. The number of hydrogen-bond donors (Lipinski definition) is 6. The molecule has 3 aromatic rings. The summed E-state index contributed by atoms with van der Waals surface area (Å²) in [5.41, 5.74) is 15.9. The van der Waals surface area contributed by atoms with Crippen molar-refractivity contribution >= 4 is 17.9 Å². The van der Waals surface area contributed by atoms with E-state index in [1.807, 2.05) is 27.7 Å². The first-order chi connectivity index (χ1) is 43.0. The first kappa shape index (κ1) is 86.5. The fraction of sp³-hybridized carbons (Fsp3) is 0.750. The normalized spacial score (nSPS) is 12.4. The summed E-state index contributed by atoms with van der Waals surface area (Å²) in [6, 6.07) is 6.06. The summed E-state index contributed by atoms with van der Waals surface area (Å²) in [4.78, 5) is 33.7. The summed E-state index contributed by atoms with van der Waals surface area (Å²) < 4.78 is 0. The molecular weight excluding hydrogens is 1150 g/mol. The second kappa shape index (κ2) is 42.2. The Morgan fingerprint density at radius 1 is 0.280 bits per heavy atom. The second-order valence-corrected chi connectivity index (χ2v) is 34.1. The van der Waals surface area contributed by atoms with Crippen LogP contribution in [0.2, 0.25) is 0 Å². The van der Waals surface area contributed by atoms with Crippen LogP contribution in [0.15, 0.2) is 18.2 Å². The molecule has 0 aromatic heterocycles. The van der Waals surface area contributed by atoms with Gasteiger partial charge in [-0.3, -0.25) is 14.4 Å². The van der Waals surface area contributed by atoms with Gasteiger partial charge in [-0.2, -0.15) is 0 Å². The van der Waals surface area contributed by atoms with Crippen LogP contribution >= 0.6 is 0 Å². The number of carboxylic acids is 3. The number of aromatic hydroxyl groups is 3. The lowest BCUT2D eigenvalue weighted by atomic mass is 9.86. The van der Waals surface area contributed by atoms with Crippen molar-refractivity contribution in [3.63, 3.8) is 0 Å². The highest BCUT2D eigenvalue weighted by Gasteiger charge is 2.28. The van der Waals surface area contributed by atoms with Gasteiger partial charge in [-0.15, -0.1) is 0 Å². The van der Waals surface area contributed by atoms with Crippen molar-refractivity contribution < 1.29 is 45.0 Å². The van der Waals surface area contributed by atoms with Gasteiger partial charge >= 0.3 is 17.9 Å². The summed E-state index contributed by atoms with van der Waals surface area (Å²) in [5, 5.41) is 58.4. The molecule has 0 aliphatic heterocycles. The summed E-state index contributed by atoms with van der Waals surface area (Å²) in [6.45, 7) is 45.3. The van der Waals surface area contributed by atoms with Crippen LogP contribution in [0.5, 0.6) is 17.2 Å². The molecule has 9 nitrogen and oxygen atoms in total. The molecule has 0 amide bonds. The van der Waals surface area contributed by atoms with Gasteiger partial charge in [0.05, 0.1) is 16.2 Å². The van der Waals surface area contributed by atoms with Crippen LogP contribution in [0.4, 0.5) is 0 Å². The Morgan fingerprint density at radius 2 is 0.570 bits per heavy atom. The number of hydrogen-bond acceptors (Lipinski definition) is 6. The molecule has 0 aliphatic carbocycles. The smallest absolute Gasteiger partial charge is 0.309 e. The number of phenols is 3. The fourth-order valence-electron chi connectivity index (χ4n) is 12.9. The molecule has 0 radical (unpaired) electrons. The monoisotopic (exact) mass is 1300 g/mol. The zero-order valence-corrected chi connectivity index (χ0v) is 64.1. The summed E-state index contributed by atoms with van der Waals surface area (Å²) >= 11 is 0.